The molecule has 0 amide bonds. The minimum absolute atomic E-state index is 0.0118. The van der Waals surface area contributed by atoms with Crippen molar-refractivity contribution in [3.8, 4) is 0 Å². The van der Waals surface area contributed by atoms with Crippen molar-refractivity contribution in [2.24, 2.45) is 0 Å². The Labute approximate surface area is 111 Å². The summed E-state index contributed by atoms with van der Waals surface area (Å²) in [5.41, 5.74) is 1.46. The van der Waals surface area contributed by atoms with E-state index in [2.05, 4.69) is 10.1 Å². The van der Waals surface area contributed by atoms with Crippen LogP contribution in [0.1, 0.15) is 28.7 Å². The lowest BCUT2D eigenvalue weighted by Crippen LogP contribution is -2.11. The molecule has 0 saturated carbocycles. The highest BCUT2D eigenvalue weighted by atomic mass is 35.5. The van der Waals surface area contributed by atoms with Crippen LogP contribution in [-0.4, -0.2) is 20.5 Å². The number of aromatic nitrogens is 3. The number of hydrogen-bond donors (Lipinski definition) is 0. The summed E-state index contributed by atoms with van der Waals surface area (Å²) >= 11 is 6.01. The van der Waals surface area contributed by atoms with Gasteiger partial charge in [0.15, 0.2) is 5.78 Å². The molecule has 1 heterocycles. The van der Waals surface area contributed by atoms with Crippen LogP contribution in [0.5, 0.6) is 0 Å². The average Bonchev–Trinajstić information content (AvgIpc) is 2.79. The molecule has 0 aliphatic carbocycles. The number of ketones is 1. The van der Waals surface area contributed by atoms with Crippen LogP contribution in [0.4, 0.5) is 0 Å². The third-order valence-electron chi connectivity index (χ3n) is 2.88. The van der Waals surface area contributed by atoms with E-state index >= 15 is 0 Å². The summed E-state index contributed by atoms with van der Waals surface area (Å²) in [6, 6.07) is 5.35. The predicted octanol–water partition coefficient (Wildman–Crippen LogP) is 2.69. The smallest absolute Gasteiger partial charge is 0.170 e. The van der Waals surface area contributed by atoms with Crippen LogP contribution < -0.4 is 0 Å². The molecule has 2 rings (SSSR count). The molecule has 1 aromatic heterocycles. The fraction of sp³-hybridized carbons (Fsp3) is 0.308. The Morgan fingerprint density at radius 1 is 1.44 bits per heavy atom. The van der Waals surface area contributed by atoms with E-state index in [9.17, 15) is 4.79 Å². The van der Waals surface area contributed by atoms with E-state index in [1.54, 1.807) is 22.9 Å². The lowest BCUT2D eigenvalue weighted by Gasteiger charge is -2.06. The van der Waals surface area contributed by atoms with Crippen molar-refractivity contribution in [2.75, 3.05) is 0 Å². The number of Topliss-reactive ketones (excluding diaryl/α,β-unsaturated/α-hetero) is 1. The Hall–Kier alpha value is -1.68. The molecular formula is C13H14ClN3O. The normalized spacial score (nSPS) is 10.6. The average molecular weight is 264 g/mol. The zero-order valence-corrected chi connectivity index (χ0v) is 11.1. The van der Waals surface area contributed by atoms with Gasteiger partial charge in [0.2, 0.25) is 0 Å². The standard InChI is InChI=1S/C13H14ClN3O/c1-3-17-13(15-8-16-17)7-12(18)10-5-4-6-11(14)9(10)2/h4-6,8H,3,7H2,1-2H3. The number of carbonyl (C=O) groups is 1. The van der Waals surface area contributed by atoms with Crippen LogP contribution in [0, 0.1) is 6.92 Å². The fourth-order valence-electron chi connectivity index (χ4n) is 1.84. The molecule has 0 saturated heterocycles. The zero-order chi connectivity index (χ0) is 13.1. The van der Waals surface area contributed by atoms with Crippen LogP contribution >= 0.6 is 11.6 Å². The molecule has 0 aliphatic rings. The Bertz CT molecular complexity index is 577. The second kappa shape index (κ2) is 5.31. The van der Waals surface area contributed by atoms with Crippen molar-refractivity contribution in [2.45, 2.75) is 26.8 Å². The van der Waals surface area contributed by atoms with Crippen molar-refractivity contribution in [3.05, 3.63) is 46.5 Å². The molecule has 0 atom stereocenters. The van der Waals surface area contributed by atoms with Gasteiger partial charge in [0.05, 0.1) is 6.42 Å². The van der Waals surface area contributed by atoms with Gasteiger partial charge in [-0.15, -0.1) is 0 Å². The highest BCUT2D eigenvalue weighted by molar-refractivity contribution is 6.31. The molecule has 0 unspecified atom stereocenters. The van der Waals surface area contributed by atoms with Gasteiger partial charge in [-0.25, -0.2) is 9.67 Å². The molecule has 94 valence electrons. The molecule has 0 bridgehead atoms. The number of rotatable bonds is 4. The third kappa shape index (κ3) is 2.43. The van der Waals surface area contributed by atoms with Crippen molar-refractivity contribution in [1.82, 2.24) is 14.8 Å². The van der Waals surface area contributed by atoms with Crippen molar-refractivity contribution < 1.29 is 4.79 Å². The summed E-state index contributed by atoms with van der Waals surface area (Å²) in [6.45, 7) is 4.52. The van der Waals surface area contributed by atoms with Gasteiger partial charge in [0.1, 0.15) is 12.2 Å². The van der Waals surface area contributed by atoms with Crippen molar-refractivity contribution in [1.29, 1.82) is 0 Å². The van der Waals surface area contributed by atoms with Gasteiger partial charge in [0, 0.05) is 17.1 Å². The fourth-order valence-corrected chi connectivity index (χ4v) is 2.01. The molecule has 0 fully saturated rings. The molecule has 0 radical (unpaired) electrons. The van der Waals surface area contributed by atoms with E-state index in [0.29, 0.717) is 23.0 Å². The number of nitrogens with zero attached hydrogens (tertiary/aromatic N) is 3. The number of benzene rings is 1. The van der Waals surface area contributed by atoms with E-state index < -0.39 is 0 Å². The number of aryl methyl sites for hydroxylation is 1. The maximum absolute atomic E-state index is 12.2. The second-order valence-corrected chi connectivity index (χ2v) is 4.41. The molecule has 4 nitrogen and oxygen atoms in total. The van der Waals surface area contributed by atoms with Crippen LogP contribution in [0.2, 0.25) is 5.02 Å². The Morgan fingerprint density at radius 2 is 2.22 bits per heavy atom. The SMILES string of the molecule is CCn1ncnc1CC(=O)c1cccc(Cl)c1C. The van der Waals surface area contributed by atoms with E-state index in [4.69, 9.17) is 11.6 Å². The Balaban J connectivity index is 2.25. The maximum atomic E-state index is 12.2. The summed E-state index contributed by atoms with van der Waals surface area (Å²) in [4.78, 5) is 16.3. The van der Waals surface area contributed by atoms with E-state index in [1.165, 1.54) is 6.33 Å². The number of hydrogen-bond acceptors (Lipinski definition) is 3. The largest absolute Gasteiger partial charge is 0.294 e. The lowest BCUT2D eigenvalue weighted by molar-refractivity contribution is 0.0989. The molecule has 18 heavy (non-hydrogen) atoms. The monoisotopic (exact) mass is 263 g/mol. The van der Waals surface area contributed by atoms with Gasteiger partial charge >= 0.3 is 0 Å². The number of halogens is 1. The first-order valence-corrected chi connectivity index (χ1v) is 6.16. The molecule has 0 spiro atoms. The van der Waals surface area contributed by atoms with Gasteiger partial charge in [-0.2, -0.15) is 5.10 Å². The summed E-state index contributed by atoms with van der Waals surface area (Å²) in [7, 11) is 0. The van der Waals surface area contributed by atoms with Gasteiger partial charge in [-0.1, -0.05) is 23.7 Å². The van der Waals surface area contributed by atoms with Crippen LogP contribution in [0.3, 0.4) is 0 Å². The van der Waals surface area contributed by atoms with Gasteiger partial charge in [-0.05, 0) is 25.5 Å². The topological polar surface area (TPSA) is 47.8 Å². The van der Waals surface area contributed by atoms with Gasteiger partial charge in [-0.3, -0.25) is 4.79 Å². The summed E-state index contributed by atoms with van der Waals surface area (Å²) in [6.07, 6.45) is 1.71. The van der Waals surface area contributed by atoms with Crippen LogP contribution in [-0.2, 0) is 13.0 Å². The molecule has 5 heteroatoms. The summed E-state index contributed by atoms with van der Waals surface area (Å²) < 4.78 is 1.72. The quantitative estimate of drug-likeness (QED) is 0.797. The first-order chi connectivity index (χ1) is 8.63. The summed E-state index contributed by atoms with van der Waals surface area (Å²) in [5, 5.41) is 4.66. The highest BCUT2D eigenvalue weighted by Crippen LogP contribution is 2.20. The second-order valence-electron chi connectivity index (χ2n) is 4.00. The van der Waals surface area contributed by atoms with Crippen LogP contribution in [0.25, 0.3) is 0 Å². The van der Waals surface area contributed by atoms with E-state index in [0.717, 1.165) is 5.56 Å². The van der Waals surface area contributed by atoms with Gasteiger partial charge < -0.3 is 0 Å². The molecule has 0 aliphatic heterocycles. The van der Waals surface area contributed by atoms with Gasteiger partial charge in [0.25, 0.3) is 0 Å². The van der Waals surface area contributed by atoms with Crippen molar-refractivity contribution in [3.63, 3.8) is 0 Å². The first-order valence-electron chi connectivity index (χ1n) is 5.78. The van der Waals surface area contributed by atoms with Crippen molar-refractivity contribution >= 4 is 17.4 Å². The highest BCUT2D eigenvalue weighted by Gasteiger charge is 2.14. The molecular weight excluding hydrogens is 250 g/mol. The van der Waals surface area contributed by atoms with E-state index in [1.807, 2.05) is 13.8 Å². The minimum atomic E-state index is 0.0118. The summed E-state index contributed by atoms with van der Waals surface area (Å²) in [5.74, 6) is 0.694. The predicted molar refractivity (Wildman–Crippen MR) is 69.9 cm³/mol. The minimum Gasteiger partial charge on any atom is -0.294 e. The number of carbonyl (C=O) groups excluding carboxylic acids is 1. The molecule has 1 aromatic carbocycles. The molecule has 0 N–H and O–H groups in total. The lowest BCUT2D eigenvalue weighted by atomic mass is 10.0. The van der Waals surface area contributed by atoms with E-state index in [-0.39, 0.29) is 12.2 Å². The Kier molecular flexibility index (Phi) is 3.77. The maximum Gasteiger partial charge on any atom is 0.170 e. The zero-order valence-electron chi connectivity index (χ0n) is 10.4. The first kappa shape index (κ1) is 12.8. The third-order valence-corrected chi connectivity index (χ3v) is 3.29. The van der Waals surface area contributed by atoms with Crippen LogP contribution in [0.15, 0.2) is 24.5 Å². The molecule has 2 aromatic rings. The Morgan fingerprint density at radius 3 is 2.94 bits per heavy atom.